The third kappa shape index (κ3) is 7.61. The molecule has 3 atom stereocenters. The summed E-state index contributed by atoms with van der Waals surface area (Å²) in [7, 11) is 0. The van der Waals surface area contributed by atoms with Gasteiger partial charge in [-0.25, -0.2) is 0 Å². The molecule has 0 unspecified atom stereocenters. The van der Waals surface area contributed by atoms with Gasteiger partial charge in [0, 0.05) is 18.2 Å². The van der Waals surface area contributed by atoms with Crippen LogP contribution >= 0.6 is 0 Å². The second-order valence-corrected chi connectivity index (χ2v) is 9.73. The van der Waals surface area contributed by atoms with Gasteiger partial charge in [0.15, 0.2) is 5.78 Å². The van der Waals surface area contributed by atoms with Crippen LogP contribution in [0.5, 0.6) is 0 Å². The van der Waals surface area contributed by atoms with E-state index < -0.39 is 48.1 Å². The van der Waals surface area contributed by atoms with Gasteiger partial charge in [0.05, 0.1) is 6.04 Å². The van der Waals surface area contributed by atoms with Crippen molar-refractivity contribution < 1.29 is 29.1 Å². The summed E-state index contributed by atoms with van der Waals surface area (Å²) in [5, 5.41) is 19.9. The van der Waals surface area contributed by atoms with Gasteiger partial charge in [0.1, 0.15) is 12.6 Å². The molecular weight excluding hydrogens is 464 g/mol. The number of hydrogen-bond donors (Lipinski definition) is 5. The molecule has 1 aliphatic carbocycles. The topological polar surface area (TPSA) is 154 Å². The summed E-state index contributed by atoms with van der Waals surface area (Å²) in [5.74, 6) is -3.50. The molecule has 1 aromatic rings. The van der Waals surface area contributed by atoms with Gasteiger partial charge < -0.3 is 26.4 Å². The first-order valence-corrected chi connectivity index (χ1v) is 12.7. The first kappa shape index (κ1) is 27.3. The predicted molar refractivity (Wildman–Crippen MR) is 133 cm³/mol. The maximum absolute atomic E-state index is 13.3. The Labute approximate surface area is 211 Å². The molecule has 0 aromatic heterocycles. The summed E-state index contributed by atoms with van der Waals surface area (Å²) in [4.78, 5) is 63.0. The molecule has 1 heterocycles. The SMILES string of the molecule is Cc1ccccc1NC(=O)C(=O)N[C@@H](CC1CCCCC1)C(=O)N[C@@H](C[C@@H]1CCNC1=O)C(=O)CO. The molecule has 1 aliphatic heterocycles. The van der Waals surface area contributed by atoms with Crippen LogP contribution in [-0.2, 0) is 24.0 Å². The highest BCUT2D eigenvalue weighted by Crippen LogP contribution is 2.27. The molecule has 36 heavy (non-hydrogen) atoms. The van der Waals surface area contributed by atoms with Gasteiger partial charge in [-0.15, -0.1) is 0 Å². The maximum atomic E-state index is 13.3. The third-order valence-electron chi connectivity index (χ3n) is 7.06. The standard InChI is InChI=1S/C26H36N4O6/c1-16-7-5-6-10-19(16)28-25(35)26(36)30-21(13-17-8-3-2-4-9-17)24(34)29-20(22(32)15-31)14-18-11-12-27-23(18)33/h5-7,10,17-18,20-21,31H,2-4,8-9,11-15H2,1H3,(H,27,33)(H,28,35)(H,29,34)(H,30,36)/t18-,20-,21-/m0/s1. The molecule has 3 rings (SSSR count). The fraction of sp³-hybridized carbons (Fsp3) is 0.577. The number of aliphatic hydroxyl groups excluding tert-OH is 1. The number of carbonyl (C=O) groups is 5. The third-order valence-corrected chi connectivity index (χ3v) is 7.06. The van der Waals surface area contributed by atoms with E-state index >= 15 is 0 Å². The van der Waals surface area contributed by atoms with Crippen molar-refractivity contribution in [2.45, 2.75) is 70.4 Å². The maximum Gasteiger partial charge on any atom is 0.313 e. The molecule has 0 radical (unpaired) electrons. The van der Waals surface area contributed by atoms with Gasteiger partial charge in [0.25, 0.3) is 0 Å². The highest BCUT2D eigenvalue weighted by Gasteiger charge is 2.34. The zero-order valence-electron chi connectivity index (χ0n) is 20.7. The number of ketones is 1. The number of rotatable bonds is 10. The largest absolute Gasteiger partial charge is 0.389 e. The Morgan fingerprint density at radius 2 is 1.69 bits per heavy atom. The normalized spacial score (nSPS) is 19.6. The van der Waals surface area contributed by atoms with E-state index in [2.05, 4.69) is 21.3 Å². The lowest BCUT2D eigenvalue weighted by Crippen LogP contribution is -2.54. The number of aliphatic hydroxyl groups is 1. The average molecular weight is 501 g/mol. The lowest BCUT2D eigenvalue weighted by atomic mass is 9.84. The van der Waals surface area contributed by atoms with Crippen molar-refractivity contribution in [2.75, 3.05) is 18.5 Å². The minimum Gasteiger partial charge on any atom is -0.389 e. The van der Waals surface area contributed by atoms with Gasteiger partial charge in [-0.1, -0.05) is 50.3 Å². The number of Topliss-reactive ketones (excluding diaryl/α,β-unsaturated/α-hetero) is 1. The highest BCUT2D eigenvalue weighted by atomic mass is 16.3. The molecule has 196 valence electrons. The number of benzene rings is 1. The van der Waals surface area contributed by atoms with E-state index in [4.69, 9.17) is 0 Å². The summed E-state index contributed by atoms with van der Waals surface area (Å²) in [6.45, 7) is 1.52. The summed E-state index contributed by atoms with van der Waals surface area (Å²) in [6.07, 6.45) is 5.94. The molecular formula is C26H36N4O6. The van der Waals surface area contributed by atoms with Gasteiger partial charge in [-0.3, -0.25) is 24.0 Å². The quantitative estimate of drug-likeness (QED) is 0.302. The Morgan fingerprint density at radius 3 is 2.33 bits per heavy atom. The average Bonchev–Trinajstić information content (AvgIpc) is 3.28. The Kier molecular flexibility index (Phi) is 9.98. The van der Waals surface area contributed by atoms with E-state index in [1.165, 1.54) is 0 Å². The summed E-state index contributed by atoms with van der Waals surface area (Å²) >= 11 is 0. The molecule has 1 saturated heterocycles. The molecule has 5 N–H and O–H groups in total. The van der Waals surface area contributed by atoms with Crippen molar-refractivity contribution >= 4 is 35.1 Å². The van der Waals surface area contributed by atoms with E-state index in [9.17, 15) is 29.1 Å². The fourth-order valence-corrected chi connectivity index (χ4v) is 4.91. The van der Waals surface area contributed by atoms with Crippen molar-refractivity contribution in [3.05, 3.63) is 29.8 Å². The molecule has 0 bridgehead atoms. The molecule has 0 spiro atoms. The number of hydrogen-bond acceptors (Lipinski definition) is 6. The van der Waals surface area contributed by atoms with Crippen molar-refractivity contribution in [3.63, 3.8) is 0 Å². The van der Waals surface area contributed by atoms with E-state index in [-0.39, 0.29) is 18.2 Å². The van der Waals surface area contributed by atoms with Crippen molar-refractivity contribution in [1.29, 1.82) is 0 Å². The Balaban J connectivity index is 1.70. The molecule has 2 aliphatic rings. The van der Waals surface area contributed by atoms with E-state index in [1.807, 2.05) is 6.07 Å². The van der Waals surface area contributed by atoms with Crippen LogP contribution in [0.3, 0.4) is 0 Å². The number of amides is 4. The fourth-order valence-electron chi connectivity index (χ4n) is 4.91. The van der Waals surface area contributed by atoms with Crippen molar-refractivity contribution in [1.82, 2.24) is 16.0 Å². The van der Waals surface area contributed by atoms with Crippen LogP contribution in [0, 0.1) is 18.8 Å². The minimum atomic E-state index is -1.07. The summed E-state index contributed by atoms with van der Waals surface area (Å²) < 4.78 is 0. The Bertz CT molecular complexity index is 975. The zero-order valence-corrected chi connectivity index (χ0v) is 20.7. The minimum absolute atomic E-state index is 0.0643. The van der Waals surface area contributed by atoms with E-state index in [1.54, 1.807) is 25.1 Å². The summed E-state index contributed by atoms with van der Waals surface area (Å²) in [6, 6.07) is 4.93. The van der Waals surface area contributed by atoms with Gasteiger partial charge in [-0.2, -0.15) is 0 Å². The second kappa shape index (κ2) is 13.2. The second-order valence-electron chi connectivity index (χ2n) is 9.73. The number of carbonyl (C=O) groups excluding carboxylic acids is 5. The van der Waals surface area contributed by atoms with E-state index in [0.717, 1.165) is 37.7 Å². The Hall–Kier alpha value is -3.27. The smallest absolute Gasteiger partial charge is 0.313 e. The lowest BCUT2D eigenvalue weighted by molar-refractivity contribution is -0.138. The van der Waals surface area contributed by atoms with Crippen LogP contribution in [0.15, 0.2) is 24.3 Å². The van der Waals surface area contributed by atoms with Crippen LogP contribution < -0.4 is 21.3 Å². The summed E-state index contributed by atoms with van der Waals surface area (Å²) in [5.41, 5.74) is 1.28. The van der Waals surface area contributed by atoms with Crippen LogP contribution in [0.25, 0.3) is 0 Å². The van der Waals surface area contributed by atoms with Gasteiger partial charge in [0.2, 0.25) is 11.8 Å². The number of anilines is 1. The molecule has 4 amide bonds. The van der Waals surface area contributed by atoms with Crippen LogP contribution in [0.2, 0.25) is 0 Å². The molecule has 1 saturated carbocycles. The number of para-hydroxylation sites is 1. The van der Waals surface area contributed by atoms with Crippen LogP contribution in [0.4, 0.5) is 5.69 Å². The number of nitrogens with one attached hydrogen (secondary N) is 4. The van der Waals surface area contributed by atoms with Crippen LogP contribution in [0.1, 0.15) is 56.9 Å². The monoisotopic (exact) mass is 500 g/mol. The van der Waals surface area contributed by atoms with Crippen molar-refractivity contribution in [3.8, 4) is 0 Å². The first-order valence-electron chi connectivity index (χ1n) is 12.7. The molecule has 1 aromatic carbocycles. The molecule has 10 heteroatoms. The highest BCUT2D eigenvalue weighted by molar-refractivity contribution is 6.40. The van der Waals surface area contributed by atoms with Gasteiger partial charge in [-0.05, 0) is 43.7 Å². The first-order chi connectivity index (χ1) is 17.3. The zero-order chi connectivity index (χ0) is 26.1. The molecule has 10 nitrogen and oxygen atoms in total. The van der Waals surface area contributed by atoms with Crippen molar-refractivity contribution in [2.24, 2.45) is 11.8 Å². The molecule has 2 fully saturated rings. The van der Waals surface area contributed by atoms with Gasteiger partial charge >= 0.3 is 11.8 Å². The van der Waals surface area contributed by atoms with E-state index in [0.29, 0.717) is 25.1 Å². The Morgan fingerprint density at radius 1 is 0.972 bits per heavy atom. The van der Waals surface area contributed by atoms with Crippen LogP contribution in [-0.4, -0.2) is 59.8 Å². The predicted octanol–water partition coefficient (Wildman–Crippen LogP) is 0.961. The number of aryl methyl sites for hydroxylation is 1. The lowest BCUT2D eigenvalue weighted by Gasteiger charge is -2.28.